The van der Waals surface area contributed by atoms with Gasteiger partial charge in [0.15, 0.2) is 0 Å². The van der Waals surface area contributed by atoms with Crippen LogP contribution in [0.4, 0.5) is 0 Å². The number of hydrogen-bond acceptors (Lipinski definition) is 5. The molecule has 1 aromatic heterocycles. The second-order valence-corrected chi connectivity index (χ2v) is 10.6. The fourth-order valence-corrected chi connectivity index (χ4v) is 5.76. The van der Waals surface area contributed by atoms with E-state index in [1.807, 2.05) is 37.3 Å². The van der Waals surface area contributed by atoms with E-state index in [1.165, 1.54) is 19.3 Å². The van der Waals surface area contributed by atoms with E-state index >= 15 is 0 Å². The Kier molecular flexibility index (Phi) is 7.32. The van der Waals surface area contributed by atoms with Crippen LogP contribution in [0, 0.1) is 0 Å². The molecule has 2 amide bonds. The van der Waals surface area contributed by atoms with Gasteiger partial charge in [-0.25, -0.2) is 0 Å². The molecule has 8 nitrogen and oxygen atoms in total. The molecule has 0 bridgehead atoms. The molecule has 0 radical (unpaired) electrons. The molecule has 2 unspecified atom stereocenters. The third-order valence-corrected chi connectivity index (χ3v) is 8.02. The molecule has 3 aliphatic rings. The molecule has 1 aliphatic carbocycles. The molecule has 1 saturated carbocycles. The first kappa shape index (κ1) is 24.8. The Morgan fingerprint density at radius 2 is 1.83 bits per heavy atom. The first-order chi connectivity index (χ1) is 17.5. The van der Waals surface area contributed by atoms with E-state index in [0.717, 1.165) is 49.8 Å². The Bertz CT molecular complexity index is 1070. The van der Waals surface area contributed by atoms with Crippen molar-refractivity contribution in [1.29, 1.82) is 0 Å². The number of nitrogens with zero attached hydrogens (tertiary/aromatic N) is 3. The van der Waals surface area contributed by atoms with Crippen molar-refractivity contribution >= 4 is 11.8 Å². The smallest absolute Gasteiger partial charge is 0.273 e. The zero-order chi connectivity index (χ0) is 25.1. The summed E-state index contributed by atoms with van der Waals surface area (Å²) >= 11 is 0. The predicted octanol–water partition coefficient (Wildman–Crippen LogP) is 4.18. The Morgan fingerprint density at radius 1 is 1.11 bits per heavy atom. The minimum Gasteiger partial charge on any atom is -0.497 e. The third kappa shape index (κ3) is 5.01. The molecular formula is C28H38N4O4. The van der Waals surface area contributed by atoms with Crippen molar-refractivity contribution in [2.24, 2.45) is 0 Å². The number of carbonyl (C=O) groups excluding carboxylic acids is 2. The van der Waals surface area contributed by atoms with Crippen molar-refractivity contribution in [3.8, 4) is 17.0 Å². The SMILES string of the molecule is COc1ccc(-c2cc3n(n2)CC(C)(C(=O)NC2CCCCCCC2)N(CC2CCCO2)C3=O)cc1. The van der Waals surface area contributed by atoms with Crippen LogP contribution in [-0.2, 0) is 16.1 Å². The summed E-state index contributed by atoms with van der Waals surface area (Å²) in [7, 11) is 1.63. The third-order valence-electron chi connectivity index (χ3n) is 8.02. The van der Waals surface area contributed by atoms with Crippen LogP contribution in [0.25, 0.3) is 11.3 Å². The molecule has 2 aliphatic heterocycles. The Morgan fingerprint density at radius 3 is 2.50 bits per heavy atom. The number of amides is 2. The zero-order valence-corrected chi connectivity index (χ0v) is 21.5. The van der Waals surface area contributed by atoms with Gasteiger partial charge in [0.2, 0.25) is 5.91 Å². The Labute approximate surface area is 213 Å². The van der Waals surface area contributed by atoms with E-state index in [4.69, 9.17) is 14.6 Å². The van der Waals surface area contributed by atoms with E-state index in [0.29, 0.717) is 31.1 Å². The van der Waals surface area contributed by atoms with E-state index < -0.39 is 5.54 Å². The number of methoxy groups -OCH3 is 1. The van der Waals surface area contributed by atoms with Gasteiger partial charge in [-0.15, -0.1) is 0 Å². The van der Waals surface area contributed by atoms with Crippen molar-refractivity contribution < 1.29 is 19.1 Å². The standard InChI is InChI=1S/C28H38N4O4/c1-28(27(34)29-21-9-6-4-3-5-7-10-21)19-32-25(26(33)31(28)18-23-11-8-16-36-23)17-24(30-32)20-12-14-22(35-2)15-13-20/h12-15,17,21,23H,3-11,16,18-19H2,1-2H3,(H,29,34). The second-order valence-electron chi connectivity index (χ2n) is 10.6. The Balaban J connectivity index is 1.43. The summed E-state index contributed by atoms with van der Waals surface area (Å²) in [4.78, 5) is 29.5. The van der Waals surface area contributed by atoms with Crippen LogP contribution in [0.5, 0.6) is 5.75 Å². The number of aromatic nitrogens is 2. The summed E-state index contributed by atoms with van der Waals surface area (Å²) in [6, 6.07) is 9.62. The minimum absolute atomic E-state index is 0.0435. The summed E-state index contributed by atoms with van der Waals surface area (Å²) in [6.07, 6.45) is 9.82. The molecule has 0 spiro atoms. The molecule has 1 aromatic carbocycles. The highest BCUT2D eigenvalue weighted by Gasteiger charge is 2.49. The average molecular weight is 495 g/mol. The number of rotatable bonds is 6. The lowest BCUT2D eigenvalue weighted by Gasteiger charge is -2.44. The lowest BCUT2D eigenvalue weighted by molar-refractivity contribution is -0.134. The molecule has 194 valence electrons. The fraction of sp³-hybridized carbons (Fsp3) is 0.607. The van der Waals surface area contributed by atoms with Crippen LogP contribution in [0.3, 0.4) is 0 Å². The highest BCUT2D eigenvalue weighted by Crippen LogP contribution is 2.32. The quantitative estimate of drug-likeness (QED) is 0.651. The number of hydrogen-bond donors (Lipinski definition) is 1. The maximum Gasteiger partial charge on any atom is 0.273 e. The van der Waals surface area contributed by atoms with Gasteiger partial charge in [0, 0.05) is 24.8 Å². The number of ether oxygens (including phenoxy) is 2. The second kappa shape index (κ2) is 10.6. The fourth-order valence-electron chi connectivity index (χ4n) is 5.76. The zero-order valence-electron chi connectivity index (χ0n) is 21.5. The van der Waals surface area contributed by atoms with Gasteiger partial charge in [-0.1, -0.05) is 32.1 Å². The molecule has 8 heteroatoms. The van der Waals surface area contributed by atoms with E-state index in [2.05, 4.69) is 5.32 Å². The summed E-state index contributed by atoms with van der Waals surface area (Å²) in [5, 5.41) is 8.09. The van der Waals surface area contributed by atoms with Gasteiger partial charge in [-0.3, -0.25) is 14.3 Å². The molecule has 2 atom stereocenters. The van der Waals surface area contributed by atoms with E-state index in [-0.39, 0.29) is 24.0 Å². The van der Waals surface area contributed by atoms with E-state index in [9.17, 15) is 9.59 Å². The summed E-state index contributed by atoms with van der Waals surface area (Å²) in [5.74, 6) is 0.505. The monoisotopic (exact) mass is 494 g/mol. The largest absolute Gasteiger partial charge is 0.497 e. The van der Waals surface area contributed by atoms with E-state index in [1.54, 1.807) is 16.7 Å². The lowest BCUT2D eigenvalue weighted by atomic mass is 9.92. The molecule has 36 heavy (non-hydrogen) atoms. The molecular weight excluding hydrogens is 456 g/mol. The van der Waals surface area contributed by atoms with Gasteiger partial charge in [0.05, 0.1) is 25.5 Å². The van der Waals surface area contributed by atoms with Crippen molar-refractivity contribution in [2.45, 2.75) is 88.9 Å². The van der Waals surface area contributed by atoms with Crippen LogP contribution in [-0.4, -0.2) is 64.4 Å². The molecule has 5 rings (SSSR count). The number of nitrogens with one attached hydrogen (secondary N) is 1. The first-order valence-corrected chi connectivity index (χ1v) is 13.4. The van der Waals surface area contributed by atoms with Crippen molar-refractivity contribution in [3.63, 3.8) is 0 Å². The van der Waals surface area contributed by atoms with Gasteiger partial charge in [0.1, 0.15) is 17.0 Å². The molecule has 1 saturated heterocycles. The number of fused-ring (bicyclic) bond motifs is 1. The van der Waals surface area contributed by atoms with Crippen LogP contribution in [0.1, 0.15) is 75.2 Å². The highest BCUT2D eigenvalue weighted by atomic mass is 16.5. The first-order valence-electron chi connectivity index (χ1n) is 13.4. The topological polar surface area (TPSA) is 85.7 Å². The van der Waals surface area contributed by atoms with Crippen LogP contribution >= 0.6 is 0 Å². The summed E-state index contributed by atoms with van der Waals surface area (Å²) in [6.45, 7) is 3.32. The molecule has 2 fully saturated rings. The van der Waals surface area contributed by atoms with Crippen LogP contribution in [0.15, 0.2) is 30.3 Å². The lowest BCUT2D eigenvalue weighted by Crippen LogP contribution is -2.66. The van der Waals surface area contributed by atoms with Gasteiger partial charge in [0.25, 0.3) is 5.91 Å². The van der Waals surface area contributed by atoms with Crippen molar-refractivity contribution in [1.82, 2.24) is 20.0 Å². The molecule has 2 aromatic rings. The van der Waals surface area contributed by atoms with Gasteiger partial charge >= 0.3 is 0 Å². The molecule has 3 heterocycles. The van der Waals surface area contributed by atoms with Crippen LogP contribution in [0.2, 0.25) is 0 Å². The van der Waals surface area contributed by atoms with Gasteiger partial charge in [-0.2, -0.15) is 5.10 Å². The maximum atomic E-state index is 13.9. The predicted molar refractivity (Wildman–Crippen MR) is 137 cm³/mol. The van der Waals surface area contributed by atoms with Crippen molar-refractivity contribution in [3.05, 3.63) is 36.0 Å². The summed E-state index contributed by atoms with van der Waals surface area (Å²) < 4.78 is 12.9. The molecule has 1 N–H and O–H groups in total. The maximum absolute atomic E-state index is 13.9. The minimum atomic E-state index is -1.04. The van der Waals surface area contributed by atoms with Gasteiger partial charge in [-0.05, 0) is 62.9 Å². The summed E-state index contributed by atoms with van der Waals surface area (Å²) in [5.41, 5.74) is 1.08. The number of benzene rings is 1. The van der Waals surface area contributed by atoms with Crippen molar-refractivity contribution in [2.75, 3.05) is 20.3 Å². The van der Waals surface area contributed by atoms with Crippen LogP contribution < -0.4 is 10.1 Å². The Hall–Kier alpha value is -2.87. The number of carbonyl (C=O) groups is 2. The highest BCUT2D eigenvalue weighted by molar-refractivity contribution is 6.00. The normalized spacial score (nSPS) is 25.2. The average Bonchev–Trinajstić information content (AvgIpc) is 3.53. The van der Waals surface area contributed by atoms with Gasteiger partial charge < -0.3 is 19.7 Å².